The van der Waals surface area contributed by atoms with Crippen LogP contribution in [0.3, 0.4) is 0 Å². The minimum atomic E-state index is -0.747. The Morgan fingerprint density at radius 3 is 2.60 bits per heavy atom. The first-order valence-corrected chi connectivity index (χ1v) is 5.67. The van der Waals surface area contributed by atoms with Crippen molar-refractivity contribution in [3.63, 3.8) is 0 Å². The lowest BCUT2D eigenvalue weighted by atomic mass is 10.0. The van der Waals surface area contributed by atoms with Crippen LogP contribution in [0.4, 0.5) is 0 Å². The Hall–Kier alpha value is -0.840. The molecule has 0 bridgehead atoms. The van der Waals surface area contributed by atoms with Gasteiger partial charge in [-0.15, -0.1) is 0 Å². The van der Waals surface area contributed by atoms with Gasteiger partial charge in [0, 0.05) is 13.5 Å². The molecule has 84 valence electrons. The van der Waals surface area contributed by atoms with Crippen LogP contribution in [0.25, 0.3) is 0 Å². The van der Waals surface area contributed by atoms with E-state index in [9.17, 15) is 4.79 Å². The van der Waals surface area contributed by atoms with Gasteiger partial charge in [0.05, 0.1) is 21.8 Å². The zero-order valence-electron chi connectivity index (χ0n) is 9.12. The first-order chi connectivity index (χ1) is 6.97. The average molecular weight is 275 g/mol. The topological polar surface area (TPSA) is 55.1 Å². The molecule has 1 rings (SSSR count). The van der Waals surface area contributed by atoms with Gasteiger partial charge >= 0.3 is 5.97 Å². The number of rotatable bonds is 4. The highest BCUT2D eigenvalue weighted by molar-refractivity contribution is 9.10. The van der Waals surface area contributed by atoms with Crippen molar-refractivity contribution in [2.75, 3.05) is 0 Å². The van der Waals surface area contributed by atoms with Gasteiger partial charge in [0.15, 0.2) is 0 Å². The van der Waals surface area contributed by atoms with Gasteiger partial charge in [-0.25, -0.2) is 0 Å². The number of aliphatic carboxylic acids is 1. The van der Waals surface area contributed by atoms with Crippen LogP contribution in [0.1, 0.15) is 24.7 Å². The van der Waals surface area contributed by atoms with Crippen LogP contribution in [-0.2, 0) is 18.3 Å². The van der Waals surface area contributed by atoms with Crippen molar-refractivity contribution in [2.24, 2.45) is 13.0 Å². The summed E-state index contributed by atoms with van der Waals surface area (Å²) in [6.07, 6.45) is 1.15. The van der Waals surface area contributed by atoms with Crippen LogP contribution in [0.15, 0.2) is 4.47 Å². The van der Waals surface area contributed by atoms with Gasteiger partial charge in [-0.1, -0.05) is 6.92 Å². The lowest BCUT2D eigenvalue weighted by Crippen LogP contribution is -2.17. The molecule has 1 aromatic rings. The second-order valence-electron chi connectivity index (χ2n) is 3.62. The molecule has 1 aromatic heterocycles. The van der Waals surface area contributed by atoms with Gasteiger partial charge in [0.25, 0.3) is 0 Å². The Labute approximate surface area is 97.4 Å². The minimum absolute atomic E-state index is 0.337. The SMILES string of the molecule is CCC(Cc1c(Br)c(C)nn1C)C(=O)O. The van der Waals surface area contributed by atoms with Crippen molar-refractivity contribution in [3.8, 4) is 0 Å². The second-order valence-corrected chi connectivity index (χ2v) is 4.41. The van der Waals surface area contributed by atoms with Crippen LogP contribution in [0.2, 0.25) is 0 Å². The summed E-state index contributed by atoms with van der Waals surface area (Å²) >= 11 is 3.43. The third kappa shape index (κ3) is 2.59. The summed E-state index contributed by atoms with van der Waals surface area (Å²) in [5, 5.41) is 13.2. The van der Waals surface area contributed by atoms with E-state index < -0.39 is 5.97 Å². The van der Waals surface area contributed by atoms with Crippen LogP contribution < -0.4 is 0 Å². The number of carbonyl (C=O) groups is 1. The van der Waals surface area contributed by atoms with Crippen molar-refractivity contribution in [3.05, 3.63) is 15.9 Å². The predicted molar refractivity (Wildman–Crippen MR) is 60.8 cm³/mol. The number of nitrogens with zero attached hydrogens (tertiary/aromatic N) is 2. The summed E-state index contributed by atoms with van der Waals surface area (Å²) in [6, 6.07) is 0. The summed E-state index contributed by atoms with van der Waals surface area (Å²) in [5.41, 5.74) is 1.84. The Morgan fingerprint density at radius 1 is 1.67 bits per heavy atom. The molecule has 0 aliphatic heterocycles. The highest BCUT2D eigenvalue weighted by Crippen LogP contribution is 2.23. The minimum Gasteiger partial charge on any atom is -0.481 e. The van der Waals surface area contributed by atoms with E-state index in [0.717, 1.165) is 15.9 Å². The average Bonchev–Trinajstić information content (AvgIpc) is 2.39. The standard InChI is InChI=1S/C10H15BrN2O2/c1-4-7(10(14)15)5-8-9(11)6(2)12-13(8)3/h7H,4-5H2,1-3H3,(H,14,15). The molecule has 0 saturated heterocycles. The zero-order valence-corrected chi connectivity index (χ0v) is 10.7. The quantitative estimate of drug-likeness (QED) is 0.916. The maximum absolute atomic E-state index is 10.9. The van der Waals surface area contributed by atoms with Crippen LogP contribution in [-0.4, -0.2) is 20.9 Å². The van der Waals surface area contributed by atoms with Crippen molar-refractivity contribution >= 4 is 21.9 Å². The monoisotopic (exact) mass is 274 g/mol. The predicted octanol–water partition coefficient (Wildman–Crippen LogP) is 2.14. The molecule has 1 atom stereocenters. The fourth-order valence-electron chi connectivity index (χ4n) is 1.54. The number of hydrogen-bond donors (Lipinski definition) is 1. The molecule has 15 heavy (non-hydrogen) atoms. The van der Waals surface area contributed by atoms with Gasteiger partial charge in [0.1, 0.15) is 0 Å². The fraction of sp³-hybridized carbons (Fsp3) is 0.600. The van der Waals surface area contributed by atoms with Crippen LogP contribution in [0.5, 0.6) is 0 Å². The number of carboxylic acid groups (broad SMARTS) is 1. The molecule has 0 radical (unpaired) electrons. The Kier molecular flexibility index (Phi) is 3.90. The molecule has 1 N–H and O–H groups in total. The molecule has 0 aliphatic carbocycles. The van der Waals surface area contributed by atoms with Crippen molar-refractivity contribution < 1.29 is 9.90 Å². The van der Waals surface area contributed by atoms with E-state index in [2.05, 4.69) is 21.0 Å². The summed E-state index contributed by atoms with van der Waals surface area (Å²) in [5.74, 6) is -1.08. The summed E-state index contributed by atoms with van der Waals surface area (Å²) in [7, 11) is 1.83. The Morgan fingerprint density at radius 2 is 2.27 bits per heavy atom. The number of halogens is 1. The van der Waals surface area contributed by atoms with Gasteiger partial charge < -0.3 is 5.11 Å². The summed E-state index contributed by atoms with van der Waals surface area (Å²) in [4.78, 5) is 10.9. The molecule has 4 nitrogen and oxygen atoms in total. The van der Waals surface area contributed by atoms with E-state index in [-0.39, 0.29) is 5.92 Å². The van der Waals surface area contributed by atoms with Gasteiger partial charge in [0.2, 0.25) is 0 Å². The lowest BCUT2D eigenvalue weighted by molar-refractivity contribution is -0.141. The van der Waals surface area contributed by atoms with Crippen molar-refractivity contribution in [1.29, 1.82) is 0 Å². The van der Waals surface area contributed by atoms with Crippen LogP contribution in [0, 0.1) is 12.8 Å². The molecule has 0 aromatic carbocycles. The van der Waals surface area contributed by atoms with Crippen molar-refractivity contribution in [2.45, 2.75) is 26.7 Å². The largest absolute Gasteiger partial charge is 0.481 e. The molecular weight excluding hydrogens is 260 g/mol. The third-order valence-corrected chi connectivity index (χ3v) is 3.57. The van der Waals surface area contributed by atoms with E-state index in [0.29, 0.717) is 12.8 Å². The first-order valence-electron chi connectivity index (χ1n) is 4.88. The molecule has 5 heteroatoms. The Bertz CT molecular complexity index is 374. The zero-order chi connectivity index (χ0) is 11.6. The van der Waals surface area contributed by atoms with Gasteiger partial charge in [-0.2, -0.15) is 5.10 Å². The number of aromatic nitrogens is 2. The second kappa shape index (κ2) is 4.79. The molecule has 0 saturated carbocycles. The maximum atomic E-state index is 10.9. The molecule has 1 heterocycles. The van der Waals surface area contributed by atoms with Gasteiger partial charge in [-0.05, 0) is 29.3 Å². The normalized spacial score (nSPS) is 12.8. The first kappa shape index (κ1) is 12.2. The van der Waals surface area contributed by atoms with E-state index in [1.807, 2.05) is 20.9 Å². The maximum Gasteiger partial charge on any atom is 0.306 e. The fourth-order valence-corrected chi connectivity index (χ4v) is 2.04. The van der Waals surface area contributed by atoms with E-state index in [1.54, 1.807) is 4.68 Å². The molecule has 0 fully saturated rings. The number of aryl methyl sites for hydroxylation is 2. The lowest BCUT2D eigenvalue weighted by Gasteiger charge is -2.10. The number of carboxylic acids is 1. The highest BCUT2D eigenvalue weighted by Gasteiger charge is 2.20. The third-order valence-electron chi connectivity index (χ3n) is 2.54. The van der Waals surface area contributed by atoms with Crippen LogP contribution >= 0.6 is 15.9 Å². The molecule has 1 unspecified atom stereocenters. The van der Waals surface area contributed by atoms with Crippen molar-refractivity contribution in [1.82, 2.24) is 9.78 Å². The molecule has 0 aliphatic rings. The number of hydrogen-bond acceptors (Lipinski definition) is 2. The van der Waals surface area contributed by atoms with Gasteiger partial charge in [-0.3, -0.25) is 9.48 Å². The van der Waals surface area contributed by atoms with E-state index in [1.165, 1.54) is 0 Å². The van der Waals surface area contributed by atoms with E-state index in [4.69, 9.17) is 5.11 Å². The Balaban J connectivity index is 2.92. The van der Waals surface area contributed by atoms with E-state index >= 15 is 0 Å². The summed E-state index contributed by atoms with van der Waals surface area (Å²) in [6.45, 7) is 3.78. The molecular formula is C10H15BrN2O2. The summed E-state index contributed by atoms with van der Waals surface area (Å²) < 4.78 is 2.66. The molecule has 0 spiro atoms. The smallest absolute Gasteiger partial charge is 0.306 e. The highest BCUT2D eigenvalue weighted by atomic mass is 79.9. The molecule has 0 amide bonds.